The van der Waals surface area contributed by atoms with Gasteiger partial charge in [-0.1, -0.05) is 96.3 Å². The third-order valence-corrected chi connectivity index (χ3v) is 8.76. The number of benzene rings is 2. The summed E-state index contributed by atoms with van der Waals surface area (Å²) >= 11 is 0. The van der Waals surface area contributed by atoms with Crippen LogP contribution in [-0.4, -0.2) is 52.4 Å². The predicted octanol–water partition coefficient (Wildman–Crippen LogP) is 8.88. The molecular weight excluding hydrogens is 734 g/mol. The van der Waals surface area contributed by atoms with Gasteiger partial charge >= 0.3 is 24.3 Å². The second-order valence-corrected chi connectivity index (χ2v) is 13.6. The highest BCUT2D eigenvalue weighted by atomic mass is 19.4. The Hall–Kier alpha value is -3.98. The fraction of sp³-hybridized carbons (Fsp3) is 0.600. The van der Waals surface area contributed by atoms with Gasteiger partial charge in [0.15, 0.2) is 11.6 Å². The molecule has 2 aromatic carbocycles. The highest BCUT2D eigenvalue weighted by Gasteiger charge is 2.35. The van der Waals surface area contributed by atoms with Crippen molar-refractivity contribution in [2.24, 2.45) is 11.5 Å². The van der Waals surface area contributed by atoms with Crippen molar-refractivity contribution in [1.29, 1.82) is 0 Å². The fourth-order valence-corrected chi connectivity index (χ4v) is 5.68. The van der Waals surface area contributed by atoms with Gasteiger partial charge in [-0.15, -0.1) is 0 Å². The van der Waals surface area contributed by atoms with E-state index < -0.39 is 71.9 Å². The van der Waals surface area contributed by atoms with Crippen molar-refractivity contribution in [2.45, 2.75) is 147 Å². The first kappa shape index (κ1) is 49.0. The Kier molecular flexibility index (Phi) is 22.5. The highest BCUT2D eigenvalue weighted by molar-refractivity contribution is 5.90. The van der Waals surface area contributed by atoms with Gasteiger partial charge in [-0.05, 0) is 54.2 Å². The number of carboxylic acids is 2. The fourth-order valence-electron chi connectivity index (χ4n) is 5.68. The van der Waals surface area contributed by atoms with Crippen molar-refractivity contribution in [3.63, 3.8) is 0 Å². The summed E-state index contributed by atoms with van der Waals surface area (Å²) in [7, 11) is 0. The minimum atomic E-state index is -4.63. The SMILES string of the molecule is CCCCCCCCOc1ccc(CC(=O)[C@@H](N)CC(=O)O)cc1C(F)(F)F.CCCCCCCCc1ccc(CC(=O)[C@@H](N)CC(=O)O)cc1C(F)(F)F. The number of halogens is 6. The molecule has 55 heavy (non-hydrogen) atoms. The largest absolute Gasteiger partial charge is 0.493 e. The molecule has 2 rings (SSSR count). The van der Waals surface area contributed by atoms with Crippen LogP contribution in [0.25, 0.3) is 0 Å². The van der Waals surface area contributed by atoms with Crippen LogP contribution in [0.4, 0.5) is 26.3 Å². The minimum Gasteiger partial charge on any atom is -0.493 e. The first-order valence-corrected chi connectivity index (χ1v) is 18.8. The molecule has 0 aliphatic rings. The minimum absolute atomic E-state index is 0.116. The van der Waals surface area contributed by atoms with Crippen molar-refractivity contribution >= 4 is 23.5 Å². The summed E-state index contributed by atoms with van der Waals surface area (Å²) in [5.41, 5.74) is 9.81. The van der Waals surface area contributed by atoms with E-state index in [1.807, 2.05) is 0 Å². The quantitative estimate of drug-likeness (QED) is 0.0567. The first-order valence-electron chi connectivity index (χ1n) is 18.8. The molecule has 0 fully saturated rings. The summed E-state index contributed by atoms with van der Waals surface area (Å²) in [4.78, 5) is 45.0. The number of ether oxygens (including phenoxy) is 1. The number of unbranched alkanes of at least 4 members (excludes halogenated alkanes) is 10. The van der Waals surface area contributed by atoms with Crippen LogP contribution in [0.15, 0.2) is 36.4 Å². The third kappa shape index (κ3) is 20.5. The zero-order valence-corrected chi connectivity index (χ0v) is 31.7. The van der Waals surface area contributed by atoms with Crippen LogP contribution in [0.2, 0.25) is 0 Å². The summed E-state index contributed by atoms with van der Waals surface area (Å²) in [6.07, 6.45) is 1.37. The molecule has 9 nitrogen and oxygen atoms in total. The molecule has 0 heterocycles. The highest BCUT2D eigenvalue weighted by Crippen LogP contribution is 2.37. The molecule has 0 aliphatic heterocycles. The average Bonchev–Trinajstić information content (AvgIpc) is 3.09. The summed E-state index contributed by atoms with van der Waals surface area (Å²) in [6, 6.07) is 4.85. The van der Waals surface area contributed by atoms with Crippen molar-refractivity contribution < 1.29 is 60.5 Å². The number of aryl methyl sites for hydroxylation is 1. The summed E-state index contributed by atoms with van der Waals surface area (Å²) in [5.74, 6) is -3.95. The van der Waals surface area contributed by atoms with E-state index in [1.165, 1.54) is 24.3 Å². The zero-order valence-electron chi connectivity index (χ0n) is 31.7. The van der Waals surface area contributed by atoms with E-state index in [4.69, 9.17) is 26.4 Å². The molecule has 0 spiro atoms. The zero-order chi connectivity index (χ0) is 41.6. The summed E-state index contributed by atoms with van der Waals surface area (Å²) in [6.45, 7) is 4.41. The number of ketones is 2. The topological polar surface area (TPSA) is 170 Å². The molecule has 0 bridgehead atoms. The molecule has 0 aromatic heterocycles. The molecule has 0 unspecified atom stereocenters. The maximum atomic E-state index is 13.4. The van der Waals surface area contributed by atoms with Crippen molar-refractivity contribution in [1.82, 2.24) is 0 Å². The van der Waals surface area contributed by atoms with Gasteiger partial charge in [0, 0.05) is 12.8 Å². The number of hydrogen-bond donors (Lipinski definition) is 4. The number of rotatable bonds is 25. The Morgan fingerprint density at radius 1 is 0.618 bits per heavy atom. The Bertz CT molecular complexity index is 1500. The van der Waals surface area contributed by atoms with E-state index >= 15 is 0 Å². The van der Waals surface area contributed by atoms with Gasteiger partial charge in [0.1, 0.15) is 5.75 Å². The van der Waals surface area contributed by atoms with E-state index in [2.05, 4.69) is 13.8 Å². The lowest BCUT2D eigenvalue weighted by atomic mass is 9.95. The smallest absolute Gasteiger partial charge is 0.419 e. The standard InChI is InChI=1S/C20H28F3NO4.C20H28F3NO3/c1-2-3-4-5-6-7-10-28-18-9-8-14(11-15(18)20(21,22)23)12-17(25)16(24)13-19(26)27;1-2-3-4-5-6-7-8-15-10-9-14(11-16(15)20(21,22)23)12-18(25)17(24)13-19(26)27/h8-9,11,16H,2-7,10,12-13,24H2,1H3,(H,26,27);9-11,17H,2-8,12-13,24H2,1H3,(H,26,27)/t16-;17-/m00/s1. The van der Waals surface area contributed by atoms with Crippen LogP contribution in [0.3, 0.4) is 0 Å². The van der Waals surface area contributed by atoms with Gasteiger partial charge in [0.05, 0.1) is 42.7 Å². The molecule has 0 aliphatic carbocycles. The molecule has 6 N–H and O–H groups in total. The number of hydrogen-bond acceptors (Lipinski definition) is 7. The summed E-state index contributed by atoms with van der Waals surface area (Å²) in [5, 5.41) is 17.3. The lowest BCUT2D eigenvalue weighted by Gasteiger charge is -2.16. The average molecular weight is 791 g/mol. The van der Waals surface area contributed by atoms with E-state index in [9.17, 15) is 45.5 Å². The third-order valence-electron chi connectivity index (χ3n) is 8.76. The molecular formula is C40H56F6N2O7. The molecule has 0 saturated carbocycles. The van der Waals surface area contributed by atoms with Crippen LogP contribution >= 0.6 is 0 Å². The monoisotopic (exact) mass is 790 g/mol. The van der Waals surface area contributed by atoms with Gasteiger partial charge in [0.25, 0.3) is 0 Å². The molecule has 0 amide bonds. The van der Waals surface area contributed by atoms with Crippen LogP contribution in [0.5, 0.6) is 5.75 Å². The van der Waals surface area contributed by atoms with Crippen molar-refractivity contribution in [2.75, 3.05) is 6.61 Å². The van der Waals surface area contributed by atoms with Crippen LogP contribution < -0.4 is 16.2 Å². The summed E-state index contributed by atoms with van der Waals surface area (Å²) < 4.78 is 85.5. The Labute approximate surface area is 319 Å². The van der Waals surface area contributed by atoms with Crippen LogP contribution in [0, 0.1) is 0 Å². The second-order valence-electron chi connectivity index (χ2n) is 13.6. The number of carbonyl (C=O) groups excluding carboxylic acids is 2. The molecule has 2 atom stereocenters. The molecule has 2 aromatic rings. The van der Waals surface area contributed by atoms with Gasteiger partial charge in [-0.2, -0.15) is 26.3 Å². The lowest BCUT2D eigenvalue weighted by molar-refractivity contribution is -0.139. The number of nitrogens with two attached hydrogens (primary N) is 2. The maximum Gasteiger partial charge on any atom is 0.419 e. The van der Waals surface area contributed by atoms with Crippen molar-refractivity contribution in [3.8, 4) is 5.75 Å². The van der Waals surface area contributed by atoms with Crippen molar-refractivity contribution in [3.05, 3.63) is 64.2 Å². The van der Waals surface area contributed by atoms with E-state index in [1.54, 1.807) is 0 Å². The number of alkyl halides is 6. The normalized spacial score (nSPS) is 12.7. The van der Waals surface area contributed by atoms with Gasteiger partial charge in [-0.25, -0.2) is 0 Å². The van der Waals surface area contributed by atoms with Crippen LogP contribution in [-0.2, 0) is 50.8 Å². The second kappa shape index (κ2) is 25.2. The first-order chi connectivity index (χ1) is 25.8. The Morgan fingerprint density at radius 3 is 1.49 bits per heavy atom. The number of carbonyl (C=O) groups is 4. The Balaban J connectivity index is 0.000000550. The van der Waals surface area contributed by atoms with Gasteiger partial charge in [0.2, 0.25) is 0 Å². The number of Topliss-reactive ketones (excluding diaryl/α,β-unsaturated/α-hetero) is 2. The predicted molar refractivity (Wildman–Crippen MR) is 197 cm³/mol. The van der Waals surface area contributed by atoms with E-state index in [0.717, 1.165) is 76.3 Å². The Morgan fingerprint density at radius 2 is 1.04 bits per heavy atom. The lowest BCUT2D eigenvalue weighted by Crippen LogP contribution is -2.34. The molecule has 0 saturated heterocycles. The number of aliphatic carboxylic acids is 2. The number of carboxylic acid groups (broad SMARTS) is 2. The van der Waals surface area contributed by atoms with Gasteiger partial charge in [-0.3, -0.25) is 19.2 Å². The van der Waals surface area contributed by atoms with E-state index in [0.29, 0.717) is 19.3 Å². The maximum absolute atomic E-state index is 13.4. The van der Waals surface area contributed by atoms with Gasteiger partial charge < -0.3 is 26.4 Å². The molecule has 0 radical (unpaired) electrons. The molecule has 15 heteroatoms. The molecule has 310 valence electrons. The van der Waals surface area contributed by atoms with Crippen LogP contribution in [0.1, 0.15) is 132 Å². The van der Waals surface area contributed by atoms with E-state index in [-0.39, 0.29) is 41.9 Å².